The summed E-state index contributed by atoms with van der Waals surface area (Å²) in [5.41, 5.74) is 1.08. The Morgan fingerprint density at radius 3 is 2.58 bits per heavy atom. The van der Waals surface area contributed by atoms with Crippen molar-refractivity contribution in [2.24, 2.45) is 10.9 Å². The maximum atomic E-state index is 11.5. The molecule has 1 saturated carbocycles. The molecule has 0 atom stereocenters. The van der Waals surface area contributed by atoms with Gasteiger partial charge in [-0.3, -0.25) is 4.99 Å². The zero-order valence-corrected chi connectivity index (χ0v) is 16.9. The molecule has 1 N–H and O–H groups in total. The van der Waals surface area contributed by atoms with Crippen molar-refractivity contribution in [2.75, 3.05) is 46.2 Å². The lowest BCUT2D eigenvalue weighted by molar-refractivity contribution is 0.115. The number of guanidine groups is 1. The number of ether oxygens (including phenoxy) is 1. The van der Waals surface area contributed by atoms with E-state index in [-0.39, 0.29) is 0 Å². The lowest BCUT2D eigenvalue weighted by Crippen LogP contribution is -2.40. The molecule has 0 bridgehead atoms. The van der Waals surface area contributed by atoms with Crippen molar-refractivity contribution in [3.63, 3.8) is 0 Å². The smallest absolute Gasteiger partial charge is 0.193 e. The molecule has 0 radical (unpaired) electrons. The van der Waals surface area contributed by atoms with E-state index in [1.54, 1.807) is 12.1 Å². The zero-order valence-electron chi connectivity index (χ0n) is 16.1. The number of benzene rings is 1. The molecule has 6 nitrogen and oxygen atoms in total. The van der Waals surface area contributed by atoms with Crippen molar-refractivity contribution in [2.45, 2.75) is 31.1 Å². The fourth-order valence-electron chi connectivity index (χ4n) is 2.51. The van der Waals surface area contributed by atoms with E-state index in [1.165, 1.54) is 19.1 Å². The first-order valence-electron chi connectivity index (χ1n) is 9.26. The van der Waals surface area contributed by atoms with Crippen LogP contribution in [0.4, 0.5) is 0 Å². The molecule has 0 aromatic heterocycles. The van der Waals surface area contributed by atoms with Gasteiger partial charge in [0.2, 0.25) is 0 Å². The van der Waals surface area contributed by atoms with Crippen molar-refractivity contribution in [3.8, 4) is 0 Å². The average molecular weight is 382 g/mol. The Hall–Kier alpha value is -1.60. The Morgan fingerprint density at radius 2 is 2.00 bits per heavy atom. The molecule has 1 aromatic rings. The van der Waals surface area contributed by atoms with Gasteiger partial charge in [0.1, 0.15) is 0 Å². The Balaban J connectivity index is 1.80. The van der Waals surface area contributed by atoms with Gasteiger partial charge in [0, 0.05) is 39.5 Å². The normalized spacial score (nSPS) is 15.1. The number of hydrogen-bond acceptors (Lipinski definition) is 4. The van der Waals surface area contributed by atoms with E-state index in [0.717, 1.165) is 43.6 Å². The highest BCUT2D eigenvalue weighted by Gasteiger charge is 2.21. The lowest BCUT2D eigenvalue weighted by Gasteiger charge is -2.22. The van der Waals surface area contributed by atoms with Gasteiger partial charge in [0.05, 0.1) is 11.5 Å². The van der Waals surface area contributed by atoms with Gasteiger partial charge in [-0.15, -0.1) is 0 Å². The third-order valence-corrected chi connectivity index (χ3v) is 5.46. The van der Waals surface area contributed by atoms with Crippen LogP contribution in [-0.2, 0) is 21.0 Å². The van der Waals surface area contributed by atoms with Crippen LogP contribution in [0.1, 0.15) is 25.3 Å². The number of nitrogens with one attached hydrogen (secondary N) is 1. The maximum Gasteiger partial charge on any atom is 0.193 e. The summed E-state index contributed by atoms with van der Waals surface area (Å²) in [5.74, 6) is 1.66. The second-order valence-corrected chi connectivity index (χ2v) is 8.86. The molecule has 1 aromatic carbocycles. The summed E-state index contributed by atoms with van der Waals surface area (Å²) in [6.45, 7) is 5.91. The Bertz CT molecular complexity index is 682. The van der Waals surface area contributed by atoms with Crippen LogP contribution in [0.15, 0.2) is 34.2 Å². The van der Waals surface area contributed by atoms with Gasteiger partial charge < -0.3 is 15.0 Å². The third kappa shape index (κ3) is 7.33. The first-order chi connectivity index (χ1) is 12.4. The molecule has 7 heteroatoms. The molecule has 0 heterocycles. The first kappa shape index (κ1) is 20.7. The summed E-state index contributed by atoms with van der Waals surface area (Å²) in [5, 5.41) is 3.30. The molecular weight excluding hydrogens is 350 g/mol. The fraction of sp³-hybridized carbons (Fsp3) is 0.632. The monoisotopic (exact) mass is 381 g/mol. The predicted molar refractivity (Wildman–Crippen MR) is 105 cm³/mol. The topological polar surface area (TPSA) is 71.0 Å². The summed E-state index contributed by atoms with van der Waals surface area (Å²) in [6.07, 6.45) is 4.61. The number of nitrogens with zero attached hydrogens (tertiary/aromatic N) is 2. The van der Waals surface area contributed by atoms with Crippen LogP contribution >= 0.6 is 0 Å². The second-order valence-electron chi connectivity index (χ2n) is 6.84. The van der Waals surface area contributed by atoms with E-state index in [1.807, 2.05) is 19.2 Å². The molecule has 1 aliphatic rings. The van der Waals surface area contributed by atoms with Crippen LogP contribution in [0.2, 0.25) is 0 Å². The summed E-state index contributed by atoms with van der Waals surface area (Å²) in [6, 6.07) is 7.02. The minimum absolute atomic E-state index is 0.351. The van der Waals surface area contributed by atoms with E-state index in [4.69, 9.17) is 4.74 Å². The first-order valence-corrected chi connectivity index (χ1v) is 11.2. The van der Waals surface area contributed by atoms with Crippen LogP contribution in [0.3, 0.4) is 0 Å². The number of hydrogen-bond donors (Lipinski definition) is 1. The van der Waals surface area contributed by atoms with Crippen molar-refractivity contribution in [1.29, 1.82) is 0 Å². The maximum absolute atomic E-state index is 11.5. The van der Waals surface area contributed by atoms with Gasteiger partial charge in [-0.2, -0.15) is 0 Å². The largest absolute Gasteiger partial charge is 0.379 e. The number of aliphatic imine (C=N–C) groups is 1. The lowest BCUT2D eigenvalue weighted by atomic mass is 10.1. The Morgan fingerprint density at radius 1 is 1.31 bits per heavy atom. The summed E-state index contributed by atoms with van der Waals surface area (Å²) >= 11 is 0. The van der Waals surface area contributed by atoms with Gasteiger partial charge in [-0.05, 0) is 49.8 Å². The second kappa shape index (κ2) is 9.92. The zero-order chi connectivity index (χ0) is 19.0. The minimum atomic E-state index is -3.14. The number of sulfone groups is 1. The summed E-state index contributed by atoms with van der Waals surface area (Å²) in [7, 11) is -1.12. The van der Waals surface area contributed by atoms with E-state index in [2.05, 4.69) is 22.1 Å². The van der Waals surface area contributed by atoms with Crippen LogP contribution in [0, 0.1) is 5.92 Å². The highest BCUT2D eigenvalue weighted by Crippen LogP contribution is 2.28. The van der Waals surface area contributed by atoms with E-state index in [9.17, 15) is 8.42 Å². The van der Waals surface area contributed by atoms with Crippen LogP contribution in [-0.4, -0.2) is 65.4 Å². The fourth-order valence-corrected chi connectivity index (χ4v) is 3.14. The molecule has 1 fully saturated rings. The number of likely N-dealkylation sites (N-methyl/N-ethyl adjacent to an activating group) is 1. The average Bonchev–Trinajstić information content (AvgIpc) is 3.42. The molecule has 146 valence electrons. The molecule has 2 rings (SSSR count). The van der Waals surface area contributed by atoms with Gasteiger partial charge in [0.25, 0.3) is 0 Å². The highest BCUT2D eigenvalue weighted by molar-refractivity contribution is 7.90. The molecule has 26 heavy (non-hydrogen) atoms. The van der Waals surface area contributed by atoms with Crippen LogP contribution in [0.5, 0.6) is 0 Å². The van der Waals surface area contributed by atoms with Gasteiger partial charge >= 0.3 is 0 Å². The van der Waals surface area contributed by atoms with E-state index >= 15 is 0 Å². The van der Waals surface area contributed by atoms with Crippen molar-refractivity contribution in [3.05, 3.63) is 29.8 Å². The molecule has 0 spiro atoms. The SMILES string of the molecule is CCNC(=NCCc1ccc(S(C)(=O)=O)cc1)N(C)CCOCC1CC1. The van der Waals surface area contributed by atoms with Crippen LogP contribution in [0.25, 0.3) is 0 Å². The predicted octanol–water partition coefficient (Wildman–Crippen LogP) is 1.96. The number of rotatable bonds is 10. The molecule has 0 saturated heterocycles. The van der Waals surface area contributed by atoms with Crippen LogP contribution < -0.4 is 5.32 Å². The van der Waals surface area contributed by atoms with Gasteiger partial charge in [0.15, 0.2) is 15.8 Å². The van der Waals surface area contributed by atoms with Gasteiger partial charge in [-0.25, -0.2) is 8.42 Å². The third-order valence-electron chi connectivity index (χ3n) is 4.33. The van der Waals surface area contributed by atoms with E-state index < -0.39 is 9.84 Å². The Labute approximate surface area is 157 Å². The van der Waals surface area contributed by atoms with Crippen molar-refractivity contribution >= 4 is 15.8 Å². The van der Waals surface area contributed by atoms with Gasteiger partial charge in [-0.1, -0.05) is 12.1 Å². The van der Waals surface area contributed by atoms with E-state index in [0.29, 0.717) is 18.0 Å². The highest BCUT2D eigenvalue weighted by atomic mass is 32.2. The molecule has 0 aliphatic heterocycles. The molecule has 0 amide bonds. The van der Waals surface area contributed by atoms with Crippen molar-refractivity contribution in [1.82, 2.24) is 10.2 Å². The quantitative estimate of drug-likeness (QED) is 0.381. The summed E-state index contributed by atoms with van der Waals surface area (Å²) < 4.78 is 28.7. The molecular formula is C19H31N3O3S. The van der Waals surface area contributed by atoms with Crippen molar-refractivity contribution < 1.29 is 13.2 Å². The standard InChI is InChI=1S/C19H31N3O3S/c1-4-20-19(22(2)13-14-25-15-17-5-6-17)21-12-11-16-7-9-18(10-8-16)26(3,23)24/h7-10,17H,4-6,11-15H2,1-3H3,(H,20,21). The minimum Gasteiger partial charge on any atom is -0.379 e. The summed E-state index contributed by atoms with van der Waals surface area (Å²) in [4.78, 5) is 7.10. The molecule has 0 unspecified atom stereocenters. The molecule has 1 aliphatic carbocycles. The Kier molecular flexibility index (Phi) is 7.90.